The lowest BCUT2D eigenvalue weighted by atomic mass is 10.0. The van der Waals surface area contributed by atoms with E-state index >= 15 is 0 Å². The second-order valence-corrected chi connectivity index (χ2v) is 6.42. The molecule has 2 amide bonds. The second kappa shape index (κ2) is 9.10. The Morgan fingerprint density at radius 2 is 1.96 bits per heavy atom. The predicted octanol–water partition coefficient (Wildman–Crippen LogP) is 1.35. The van der Waals surface area contributed by atoms with Crippen LogP contribution in [0.5, 0.6) is 0 Å². The number of carbonyl (C=O) groups is 2. The molecule has 0 spiro atoms. The average Bonchev–Trinajstić information content (AvgIpc) is 3.22. The zero-order chi connectivity index (χ0) is 18.2. The van der Waals surface area contributed by atoms with Crippen LogP contribution in [-0.2, 0) is 16.0 Å². The molecule has 1 aliphatic heterocycles. The molecule has 6 nitrogen and oxygen atoms in total. The third-order valence-electron chi connectivity index (χ3n) is 4.48. The molecule has 0 saturated carbocycles. The Morgan fingerprint density at radius 1 is 1.15 bits per heavy atom. The predicted molar refractivity (Wildman–Crippen MR) is 99.3 cm³/mol. The van der Waals surface area contributed by atoms with Gasteiger partial charge in [-0.3, -0.25) is 14.6 Å². The lowest BCUT2D eigenvalue weighted by Crippen LogP contribution is -2.45. The molecule has 1 aromatic heterocycles. The number of amides is 2. The zero-order valence-corrected chi connectivity index (χ0v) is 14.7. The van der Waals surface area contributed by atoms with E-state index in [2.05, 4.69) is 20.9 Å². The number of carbonyl (C=O) groups excluding carboxylic acids is 2. The minimum atomic E-state index is -0.207. The summed E-state index contributed by atoms with van der Waals surface area (Å²) in [5.74, 6) is -0.320. The quantitative estimate of drug-likeness (QED) is 0.702. The van der Waals surface area contributed by atoms with Gasteiger partial charge < -0.3 is 16.0 Å². The summed E-state index contributed by atoms with van der Waals surface area (Å²) in [5.41, 5.74) is 1.91. The molecule has 0 bridgehead atoms. The fraction of sp³-hybridized carbons (Fsp3) is 0.350. The maximum atomic E-state index is 12.4. The van der Waals surface area contributed by atoms with Crippen LogP contribution in [0.2, 0.25) is 0 Å². The molecular formula is C20H24N4O2. The molecule has 2 atom stereocenters. The van der Waals surface area contributed by atoms with Crippen molar-refractivity contribution in [3.8, 4) is 0 Å². The molecule has 3 rings (SSSR count). The van der Waals surface area contributed by atoms with Crippen molar-refractivity contribution in [2.45, 2.75) is 31.3 Å². The highest BCUT2D eigenvalue weighted by Crippen LogP contribution is 2.17. The van der Waals surface area contributed by atoms with Gasteiger partial charge in [-0.2, -0.15) is 0 Å². The van der Waals surface area contributed by atoms with Crippen molar-refractivity contribution in [3.63, 3.8) is 0 Å². The SMILES string of the molecule is O=C(CNC(=O)C1CCCN1)NC(Cc1ccccn1)c1ccccc1. The van der Waals surface area contributed by atoms with E-state index < -0.39 is 0 Å². The summed E-state index contributed by atoms with van der Waals surface area (Å²) in [6.07, 6.45) is 4.15. The smallest absolute Gasteiger partial charge is 0.239 e. The van der Waals surface area contributed by atoms with E-state index in [1.165, 1.54) is 0 Å². The Labute approximate surface area is 153 Å². The van der Waals surface area contributed by atoms with Gasteiger partial charge in [-0.05, 0) is 37.1 Å². The zero-order valence-electron chi connectivity index (χ0n) is 14.7. The largest absolute Gasteiger partial charge is 0.347 e. The Morgan fingerprint density at radius 3 is 2.65 bits per heavy atom. The number of nitrogens with zero attached hydrogens (tertiary/aromatic N) is 1. The molecular weight excluding hydrogens is 328 g/mol. The Balaban J connectivity index is 1.59. The van der Waals surface area contributed by atoms with Gasteiger partial charge >= 0.3 is 0 Å². The molecule has 2 aromatic rings. The van der Waals surface area contributed by atoms with E-state index in [1.54, 1.807) is 6.20 Å². The Kier molecular flexibility index (Phi) is 6.33. The first-order valence-corrected chi connectivity index (χ1v) is 8.97. The molecule has 0 radical (unpaired) electrons. The van der Waals surface area contributed by atoms with Crippen molar-refractivity contribution < 1.29 is 9.59 Å². The fourth-order valence-corrected chi connectivity index (χ4v) is 3.11. The highest BCUT2D eigenvalue weighted by Gasteiger charge is 2.22. The van der Waals surface area contributed by atoms with E-state index in [-0.39, 0.29) is 30.4 Å². The van der Waals surface area contributed by atoms with Gasteiger partial charge in [-0.15, -0.1) is 0 Å². The molecule has 2 unspecified atom stereocenters. The van der Waals surface area contributed by atoms with Gasteiger partial charge in [0, 0.05) is 18.3 Å². The van der Waals surface area contributed by atoms with E-state index in [4.69, 9.17) is 0 Å². The topological polar surface area (TPSA) is 83.1 Å². The summed E-state index contributed by atoms with van der Waals surface area (Å²) < 4.78 is 0. The number of nitrogens with one attached hydrogen (secondary N) is 3. The van der Waals surface area contributed by atoms with Gasteiger partial charge in [0.05, 0.1) is 18.6 Å². The van der Waals surface area contributed by atoms with Crippen molar-refractivity contribution >= 4 is 11.8 Å². The summed E-state index contributed by atoms with van der Waals surface area (Å²) in [6, 6.07) is 15.2. The van der Waals surface area contributed by atoms with Crippen LogP contribution in [0.3, 0.4) is 0 Å². The third-order valence-corrected chi connectivity index (χ3v) is 4.48. The highest BCUT2D eigenvalue weighted by atomic mass is 16.2. The van der Waals surface area contributed by atoms with Gasteiger partial charge in [0.15, 0.2) is 0 Å². The van der Waals surface area contributed by atoms with Crippen molar-refractivity contribution in [1.82, 2.24) is 20.9 Å². The number of benzene rings is 1. The second-order valence-electron chi connectivity index (χ2n) is 6.42. The van der Waals surface area contributed by atoms with E-state index in [9.17, 15) is 9.59 Å². The standard InChI is InChI=1S/C20H24N4O2/c25-19(14-23-20(26)17-10-6-12-22-17)24-18(15-7-2-1-3-8-15)13-16-9-4-5-11-21-16/h1-5,7-9,11,17-18,22H,6,10,12-14H2,(H,23,26)(H,24,25). The normalized spacial score (nSPS) is 17.5. The first-order valence-electron chi connectivity index (χ1n) is 8.97. The summed E-state index contributed by atoms with van der Waals surface area (Å²) in [5, 5.41) is 8.86. The van der Waals surface area contributed by atoms with Gasteiger partial charge in [0.2, 0.25) is 11.8 Å². The number of hydrogen-bond acceptors (Lipinski definition) is 4. The van der Waals surface area contributed by atoms with Crippen molar-refractivity contribution in [1.29, 1.82) is 0 Å². The molecule has 1 fully saturated rings. The van der Waals surface area contributed by atoms with Crippen LogP contribution < -0.4 is 16.0 Å². The molecule has 3 N–H and O–H groups in total. The van der Waals surface area contributed by atoms with Crippen LogP contribution in [0.4, 0.5) is 0 Å². The lowest BCUT2D eigenvalue weighted by molar-refractivity contribution is -0.127. The minimum absolute atomic E-state index is 0.0252. The van der Waals surface area contributed by atoms with Crippen LogP contribution in [0.1, 0.15) is 30.1 Å². The monoisotopic (exact) mass is 352 g/mol. The van der Waals surface area contributed by atoms with Crippen molar-refractivity contribution in [2.75, 3.05) is 13.1 Å². The molecule has 0 aliphatic carbocycles. The van der Waals surface area contributed by atoms with Gasteiger partial charge in [-0.1, -0.05) is 36.4 Å². The maximum absolute atomic E-state index is 12.4. The number of hydrogen-bond donors (Lipinski definition) is 3. The molecule has 1 aliphatic rings. The Bertz CT molecular complexity index is 715. The summed E-state index contributed by atoms with van der Waals surface area (Å²) in [6.45, 7) is 0.826. The van der Waals surface area contributed by atoms with Gasteiger partial charge in [0.25, 0.3) is 0 Å². The third kappa shape index (κ3) is 5.13. The fourth-order valence-electron chi connectivity index (χ4n) is 3.11. The van der Waals surface area contributed by atoms with Crippen LogP contribution >= 0.6 is 0 Å². The molecule has 136 valence electrons. The van der Waals surface area contributed by atoms with E-state index in [0.29, 0.717) is 6.42 Å². The first kappa shape index (κ1) is 18.1. The number of aromatic nitrogens is 1. The maximum Gasteiger partial charge on any atom is 0.239 e. The minimum Gasteiger partial charge on any atom is -0.347 e. The lowest BCUT2D eigenvalue weighted by Gasteiger charge is -2.19. The van der Waals surface area contributed by atoms with Gasteiger partial charge in [-0.25, -0.2) is 0 Å². The Hall–Kier alpha value is -2.73. The number of pyridine rings is 1. The van der Waals surface area contributed by atoms with Crippen LogP contribution in [0, 0.1) is 0 Å². The van der Waals surface area contributed by atoms with Crippen LogP contribution in [0.25, 0.3) is 0 Å². The van der Waals surface area contributed by atoms with Gasteiger partial charge in [0.1, 0.15) is 0 Å². The summed E-state index contributed by atoms with van der Waals surface area (Å²) in [7, 11) is 0. The average molecular weight is 352 g/mol. The van der Waals surface area contributed by atoms with E-state index in [0.717, 1.165) is 30.6 Å². The molecule has 6 heteroatoms. The number of rotatable bonds is 7. The molecule has 2 heterocycles. The van der Waals surface area contributed by atoms with Crippen LogP contribution in [0.15, 0.2) is 54.7 Å². The molecule has 26 heavy (non-hydrogen) atoms. The summed E-state index contributed by atoms with van der Waals surface area (Å²) >= 11 is 0. The molecule has 1 saturated heterocycles. The van der Waals surface area contributed by atoms with Crippen molar-refractivity contribution in [3.05, 3.63) is 66.0 Å². The molecule has 1 aromatic carbocycles. The highest BCUT2D eigenvalue weighted by molar-refractivity contribution is 5.87. The van der Waals surface area contributed by atoms with Crippen molar-refractivity contribution in [2.24, 2.45) is 0 Å². The van der Waals surface area contributed by atoms with E-state index in [1.807, 2.05) is 48.5 Å². The summed E-state index contributed by atoms with van der Waals surface area (Å²) in [4.78, 5) is 28.8. The first-order chi connectivity index (χ1) is 12.7. The van der Waals surface area contributed by atoms with Crippen LogP contribution in [-0.4, -0.2) is 35.9 Å².